The summed E-state index contributed by atoms with van der Waals surface area (Å²) in [6.45, 7) is 0.563. The number of nitriles is 1. The SMILES string of the molecule is C[C@@]1(Cc2ccc(C#N)cc2)C(=O)N(c2cc(Cl)c(F)c(Cl)c2)c2ncc(C(=O)N[C@@H](COS(=O)(=O)O)C(=O)NC3(c4ccccn4)CC3)n21. The van der Waals surface area contributed by atoms with E-state index in [1.54, 1.807) is 48.7 Å². The van der Waals surface area contributed by atoms with Gasteiger partial charge in [-0.1, -0.05) is 41.4 Å². The molecule has 3 heterocycles. The molecule has 0 bridgehead atoms. The molecule has 6 rings (SSSR count). The van der Waals surface area contributed by atoms with Crippen molar-refractivity contribution in [3.05, 3.63) is 105 Å². The molecule has 1 aliphatic carbocycles. The highest BCUT2D eigenvalue weighted by atomic mass is 35.5. The van der Waals surface area contributed by atoms with Crippen LogP contribution in [0, 0.1) is 17.1 Å². The molecule has 1 fully saturated rings. The number of pyridine rings is 1. The molecule has 0 spiro atoms. The number of amides is 3. The van der Waals surface area contributed by atoms with Gasteiger partial charge in [0.05, 0.1) is 51.4 Å². The minimum absolute atomic E-state index is 0.0251. The number of benzene rings is 2. The van der Waals surface area contributed by atoms with Crippen molar-refractivity contribution in [3.8, 4) is 6.07 Å². The molecule has 1 saturated carbocycles. The molecule has 1 aliphatic heterocycles. The van der Waals surface area contributed by atoms with E-state index in [0.29, 0.717) is 29.7 Å². The van der Waals surface area contributed by atoms with Gasteiger partial charge < -0.3 is 10.6 Å². The summed E-state index contributed by atoms with van der Waals surface area (Å²) in [5.74, 6) is -3.37. The third-order valence-electron chi connectivity index (χ3n) is 8.46. The zero-order valence-electron chi connectivity index (χ0n) is 25.9. The van der Waals surface area contributed by atoms with E-state index in [4.69, 9.17) is 23.2 Å². The van der Waals surface area contributed by atoms with Crippen LogP contribution in [0.3, 0.4) is 0 Å². The van der Waals surface area contributed by atoms with E-state index >= 15 is 0 Å². The first kappa shape index (κ1) is 34.9. The molecule has 2 aromatic carbocycles. The van der Waals surface area contributed by atoms with Crippen molar-refractivity contribution in [2.24, 2.45) is 0 Å². The standard InChI is InChI=1S/C32H26Cl2FN7O7S/c1-31(14-18-5-7-19(15-36)8-6-18)29(45)41(20-12-21(33)26(35)22(34)13-20)30-38-16-24(42(30)31)28(44)39-23(17-49-50(46,47)48)27(43)40-32(9-10-32)25-4-2-3-11-37-25/h2-8,11-13,16,23H,9-10,14,17H2,1H3,(H,39,44)(H,40,43)(H,46,47,48)/t23-,31+/m0/s1. The first-order chi connectivity index (χ1) is 23.7. The van der Waals surface area contributed by atoms with Crippen molar-refractivity contribution in [2.45, 2.75) is 43.3 Å². The lowest BCUT2D eigenvalue weighted by molar-refractivity contribution is -0.125. The van der Waals surface area contributed by atoms with Gasteiger partial charge >= 0.3 is 10.4 Å². The molecule has 0 saturated heterocycles. The van der Waals surface area contributed by atoms with E-state index in [1.807, 2.05) is 6.07 Å². The van der Waals surface area contributed by atoms with Crippen LogP contribution in [0.5, 0.6) is 0 Å². The summed E-state index contributed by atoms with van der Waals surface area (Å²) in [7, 11) is -5.03. The molecule has 3 N–H and O–H groups in total. The number of imidazole rings is 1. The monoisotopic (exact) mass is 741 g/mol. The predicted molar refractivity (Wildman–Crippen MR) is 176 cm³/mol. The number of carbonyl (C=O) groups is 3. The van der Waals surface area contributed by atoms with Gasteiger partial charge in [0, 0.05) is 12.6 Å². The van der Waals surface area contributed by atoms with Crippen molar-refractivity contribution in [3.63, 3.8) is 0 Å². The first-order valence-electron chi connectivity index (χ1n) is 14.9. The Morgan fingerprint density at radius 2 is 1.82 bits per heavy atom. The van der Waals surface area contributed by atoms with Gasteiger partial charge in [0.25, 0.3) is 11.8 Å². The highest BCUT2D eigenvalue weighted by molar-refractivity contribution is 7.80. The lowest BCUT2D eigenvalue weighted by Crippen LogP contribution is -2.53. The van der Waals surface area contributed by atoms with E-state index in [0.717, 1.165) is 11.1 Å². The first-order valence-corrected chi connectivity index (χ1v) is 17.0. The van der Waals surface area contributed by atoms with E-state index in [2.05, 4.69) is 24.8 Å². The van der Waals surface area contributed by atoms with Gasteiger partial charge in [-0.3, -0.25) is 28.5 Å². The molecular weight excluding hydrogens is 716 g/mol. The van der Waals surface area contributed by atoms with E-state index in [9.17, 15) is 37.0 Å². The number of aromatic nitrogens is 3. The minimum Gasteiger partial charge on any atom is -0.343 e. The normalized spacial score (nSPS) is 18.2. The minimum atomic E-state index is -5.03. The number of nitrogens with one attached hydrogen (secondary N) is 2. The lowest BCUT2D eigenvalue weighted by atomic mass is 9.91. The number of nitrogens with zero attached hydrogens (tertiary/aromatic N) is 5. The summed E-state index contributed by atoms with van der Waals surface area (Å²) in [4.78, 5) is 51.6. The van der Waals surface area contributed by atoms with E-state index in [-0.39, 0.29) is 33.8 Å². The highest BCUT2D eigenvalue weighted by Crippen LogP contribution is 2.45. The second-order valence-corrected chi connectivity index (χ2v) is 13.8. The Kier molecular flexibility index (Phi) is 9.14. The molecule has 3 amide bonds. The highest BCUT2D eigenvalue weighted by Gasteiger charge is 2.52. The van der Waals surface area contributed by atoms with E-state index in [1.165, 1.54) is 23.6 Å². The summed E-state index contributed by atoms with van der Waals surface area (Å²) in [6.07, 6.45) is 3.71. The van der Waals surface area contributed by atoms with Gasteiger partial charge in [0.15, 0.2) is 5.82 Å². The Morgan fingerprint density at radius 3 is 2.40 bits per heavy atom. The molecule has 14 nitrogen and oxygen atoms in total. The topological polar surface area (TPSA) is 197 Å². The Hall–Kier alpha value is -4.92. The summed E-state index contributed by atoms with van der Waals surface area (Å²) < 4.78 is 52.4. The second-order valence-electron chi connectivity index (χ2n) is 11.9. The number of fused-ring (bicyclic) bond motifs is 1. The van der Waals surface area contributed by atoms with Gasteiger partial charge in [-0.05, 0) is 61.7 Å². The maximum absolute atomic E-state index is 14.4. The van der Waals surface area contributed by atoms with Crippen LogP contribution in [0.25, 0.3) is 0 Å². The van der Waals surface area contributed by atoms with Crippen molar-refractivity contribution in [1.29, 1.82) is 5.26 Å². The summed E-state index contributed by atoms with van der Waals surface area (Å²) in [5, 5.41) is 13.7. The zero-order chi connectivity index (χ0) is 36.0. The van der Waals surface area contributed by atoms with Crippen molar-refractivity contribution in [2.75, 3.05) is 11.5 Å². The van der Waals surface area contributed by atoms with Gasteiger partial charge in [-0.25, -0.2) is 18.5 Å². The Labute approximate surface area is 294 Å². The number of hydrogen-bond donors (Lipinski definition) is 3. The fourth-order valence-corrected chi connectivity index (χ4v) is 6.62. The number of halogens is 3. The Morgan fingerprint density at radius 1 is 1.14 bits per heavy atom. The van der Waals surface area contributed by atoms with Gasteiger partial charge in [-0.15, -0.1) is 0 Å². The fourth-order valence-electron chi connectivity index (χ4n) is 5.84. The summed E-state index contributed by atoms with van der Waals surface area (Å²) in [5.41, 5.74) is -1.07. The molecule has 0 radical (unpaired) electrons. The number of anilines is 2. The maximum Gasteiger partial charge on any atom is 0.397 e. The quantitative estimate of drug-likeness (QED) is 0.150. The van der Waals surface area contributed by atoms with Crippen LogP contribution >= 0.6 is 23.2 Å². The smallest absolute Gasteiger partial charge is 0.343 e. The number of hydrogen-bond acceptors (Lipinski definition) is 9. The Bertz CT molecular complexity index is 2150. The average Bonchev–Trinajstić information content (AvgIpc) is 3.67. The van der Waals surface area contributed by atoms with Crippen LogP contribution in [0.4, 0.5) is 16.0 Å². The van der Waals surface area contributed by atoms with Gasteiger partial charge in [0.2, 0.25) is 11.9 Å². The molecule has 2 atom stereocenters. The molecular formula is C32H26Cl2FN7O7S. The molecule has 258 valence electrons. The molecule has 0 unspecified atom stereocenters. The molecule has 18 heteroatoms. The third kappa shape index (κ3) is 6.65. The fraction of sp³-hybridized carbons (Fsp3) is 0.250. The molecule has 50 heavy (non-hydrogen) atoms. The summed E-state index contributed by atoms with van der Waals surface area (Å²) in [6, 6.07) is 14.3. The molecule has 2 aliphatic rings. The van der Waals surface area contributed by atoms with Crippen molar-refractivity contribution in [1.82, 2.24) is 25.2 Å². The lowest BCUT2D eigenvalue weighted by Gasteiger charge is -2.27. The maximum atomic E-state index is 14.4. The number of carbonyl (C=O) groups excluding carboxylic acids is 3. The van der Waals surface area contributed by atoms with Gasteiger partial charge in [-0.2, -0.15) is 13.7 Å². The van der Waals surface area contributed by atoms with Gasteiger partial charge in [0.1, 0.15) is 17.3 Å². The molecule has 4 aromatic rings. The van der Waals surface area contributed by atoms with Crippen LogP contribution in [-0.2, 0) is 41.7 Å². The summed E-state index contributed by atoms with van der Waals surface area (Å²) >= 11 is 12.1. The van der Waals surface area contributed by atoms with Crippen molar-refractivity contribution < 1.29 is 35.9 Å². The average molecular weight is 743 g/mol. The largest absolute Gasteiger partial charge is 0.397 e. The van der Waals surface area contributed by atoms with E-state index < -0.39 is 57.7 Å². The van der Waals surface area contributed by atoms with Crippen LogP contribution in [-0.4, -0.2) is 57.9 Å². The predicted octanol–water partition coefficient (Wildman–Crippen LogP) is 3.96. The number of rotatable bonds is 11. The van der Waals surface area contributed by atoms with Crippen LogP contribution in [0.1, 0.15) is 47.1 Å². The van der Waals surface area contributed by atoms with Crippen LogP contribution < -0.4 is 15.5 Å². The van der Waals surface area contributed by atoms with Crippen LogP contribution in [0.2, 0.25) is 10.0 Å². The molecule has 2 aromatic heterocycles. The third-order valence-corrected chi connectivity index (χ3v) is 9.45. The van der Waals surface area contributed by atoms with Crippen LogP contribution in [0.15, 0.2) is 67.0 Å². The van der Waals surface area contributed by atoms with Crippen molar-refractivity contribution >= 4 is 63.0 Å². The Balaban J connectivity index is 1.37. The zero-order valence-corrected chi connectivity index (χ0v) is 28.3. The second kappa shape index (κ2) is 13.1.